The van der Waals surface area contributed by atoms with Crippen LogP contribution in [0, 0.1) is 0 Å². The fourth-order valence-electron chi connectivity index (χ4n) is 0.695. The molecular formula is C7H9BrIN3. The van der Waals surface area contributed by atoms with Gasteiger partial charge in [0, 0.05) is 10.0 Å². The van der Waals surface area contributed by atoms with Gasteiger partial charge in [-0.15, -0.1) is 24.0 Å². The molecular weight excluding hydrogens is 333 g/mol. The first kappa shape index (κ1) is 11.7. The Hall–Kier alpha value is -0.300. The number of hydrogen-bond donors (Lipinski definition) is 2. The Labute approximate surface area is 96.4 Å². The van der Waals surface area contributed by atoms with Crippen LogP contribution in [0.1, 0.15) is 5.56 Å². The molecule has 5 heteroatoms. The standard InChI is InChI=1S/C7H8BrN3.HI/c8-6-3-1-5(2-4-6)7(9)11-10;/h1-4H,10H2,(H2,9,11);1H. The molecule has 66 valence electrons. The largest absolute Gasteiger partial charge is 0.382 e. The number of amidine groups is 1. The Morgan fingerprint density at radius 3 is 2.17 bits per heavy atom. The second-order valence-corrected chi connectivity index (χ2v) is 2.94. The van der Waals surface area contributed by atoms with Crippen LogP contribution in [-0.2, 0) is 0 Å². The lowest BCUT2D eigenvalue weighted by molar-refractivity contribution is 1.23. The summed E-state index contributed by atoms with van der Waals surface area (Å²) in [6, 6.07) is 7.45. The lowest BCUT2D eigenvalue weighted by Gasteiger charge is -1.97. The monoisotopic (exact) mass is 341 g/mol. The van der Waals surface area contributed by atoms with E-state index in [9.17, 15) is 0 Å². The minimum Gasteiger partial charge on any atom is -0.382 e. The van der Waals surface area contributed by atoms with Crippen LogP contribution in [-0.4, -0.2) is 5.84 Å². The SMILES string of the molecule is I.N/N=C(\N)c1ccc(Br)cc1. The van der Waals surface area contributed by atoms with Gasteiger partial charge in [-0.1, -0.05) is 28.1 Å². The first-order chi connectivity index (χ1) is 5.24. The van der Waals surface area contributed by atoms with Crippen molar-refractivity contribution in [1.82, 2.24) is 0 Å². The average molecular weight is 342 g/mol. The highest BCUT2D eigenvalue weighted by atomic mass is 127. The first-order valence-electron chi connectivity index (χ1n) is 3.03. The van der Waals surface area contributed by atoms with E-state index < -0.39 is 0 Å². The van der Waals surface area contributed by atoms with Gasteiger partial charge in [-0.3, -0.25) is 0 Å². The van der Waals surface area contributed by atoms with Gasteiger partial charge in [-0.25, -0.2) is 0 Å². The number of hydrogen-bond acceptors (Lipinski definition) is 2. The third-order valence-corrected chi connectivity index (χ3v) is 1.81. The molecule has 0 heterocycles. The van der Waals surface area contributed by atoms with Gasteiger partial charge in [-0.05, 0) is 12.1 Å². The molecule has 0 spiro atoms. The normalized spacial score (nSPS) is 10.6. The zero-order valence-electron chi connectivity index (χ0n) is 6.20. The second kappa shape index (κ2) is 5.36. The first-order valence-corrected chi connectivity index (χ1v) is 3.82. The molecule has 0 radical (unpaired) electrons. The van der Waals surface area contributed by atoms with E-state index >= 15 is 0 Å². The number of benzene rings is 1. The van der Waals surface area contributed by atoms with Crippen molar-refractivity contribution >= 4 is 45.7 Å². The molecule has 0 atom stereocenters. The molecule has 4 N–H and O–H groups in total. The van der Waals surface area contributed by atoms with Crippen molar-refractivity contribution in [3.63, 3.8) is 0 Å². The summed E-state index contributed by atoms with van der Waals surface area (Å²) in [5.74, 6) is 5.34. The molecule has 0 aliphatic rings. The van der Waals surface area contributed by atoms with Crippen LogP contribution < -0.4 is 11.6 Å². The summed E-state index contributed by atoms with van der Waals surface area (Å²) >= 11 is 3.30. The molecule has 0 aromatic heterocycles. The molecule has 0 saturated heterocycles. The Morgan fingerprint density at radius 2 is 1.75 bits per heavy atom. The van der Waals surface area contributed by atoms with E-state index in [0.717, 1.165) is 10.0 Å². The zero-order chi connectivity index (χ0) is 8.27. The summed E-state index contributed by atoms with van der Waals surface area (Å²) in [5, 5.41) is 3.37. The molecule has 0 amide bonds. The predicted molar refractivity (Wildman–Crippen MR) is 64.5 cm³/mol. The fourth-order valence-corrected chi connectivity index (χ4v) is 0.960. The molecule has 0 aliphatic carbocycles. The molecule has 3 nitrogen and oxygen atoms in total. The van der Waals surface area contributed by atoms with Crippen LogP contribution in [0.4, 0.5) is 0 Å². The minimum atomic E-state index is 0. The lowest BCUT2D eigenvalue weighted by atomic mass is 10.2. The summed E-state index contributed by atoms with van der Waals surface area (Å²) < 4.78 is 1.01. The summed E-state index contributed by atoms with van der Waals surface area (Å²) in [4.78, 5) is 0. The molecule has 0 saturated carbocycles. The molecule has 0 bridgehead atoms. The van der Waals surface area contributed by atoms with Crippen LogP contribution in [0.15, 0.2) is 33.8 Å². The van der Waals surface area contributed by atoms with Crippen LogP contribution in [0.5, 0.6) is 0 Å². The molecule has 1 aromatic rings. The molecule has 0 unspecified atom stereocenters. The van der Waals surface area contributed by atoms with E-state index in [1.807, 2.05) is 24.3 Å². The molecule has 0 fully saturated rings. The van der Waals surface area contributed by atoms with Crippen molar-refractivity contribution in [3.05, 3.63) is 34.3 Å². The van der Waals surface area contributed by atoms with Gasteiger partial charge >= 0.3 is 0 Å². The van der Waals surface area contributed by atoms with Crippen molar-refractivity contribution < 1.29 is 0 Å². The van der Waals surface area contributed by atoms with Crippen LogP contribution >= 0.6 is 39.9 Å². The predicted octanol–water partition coefficient (Wildman–Crippen LogP) is 1.65. The zero-order valence-corrected chi connectivity index (χ0v) is 10.1. The maximum atomic E-state index is 5.45. The van der Waals surface area contributed by atoms with Gasteiger partial charge < -0.3 is 11.6 Å². The Balaban J connectivity index is 0.00000121. The molecule has 0 aliphatic heterocycles. The smallest absolute Gasteiger partial charge is 0.150 e. The van der Waals surface area contributed by atoms with E-state index in [1.54, 1.807) is 0 Å². The Bertz CT molecular complexity index is 270. The number of hydrazone groups is 1. The fraction of sp³-hybridized carbons (Fsp3) is 0. The van der Waals surface area contributed by atoms with E-state index in [0.29, 0.717) is 5.84 Å². The third-order valence-electron chi connectivity index (χ3n) is 1.28. The summed E-state index contributed by atoms with van der Waals surface area (Å²) in [5.41, 5.74) is 6.28. The van der Waals surface area contributed by atoms with Gasteiger partial charge in [0.15, 0.2) is 0 Å². The highest BCUT2D eigenvalue weighted by molar-refractivity contribution is 14.0. The van der Waals surface area contributed by atoms with Crippen LogP contribution in [0.2, 0.25) is 0 Å². The highest BCUT2D eigenvalue weighted by Gasteiger charge is 1.95. The molecule has 1 rings (SSSR count). The van der Waals surface area contributed by atoms with Gasteiger partial charge in [0.2, 0.25) is 0 Å². The number of nitrogens with two attached hydrogens (primary N) is 2. The van der Waals surface area contributed by atoms with E-state index in [1.165, 1.54) is 0 Å². The van der Waals surface area contributed by atoms with Gasteiger partial charge in [-0.2, -0.15) is 5.10 Å². The topological polar surface area (TPSA) is 64.4 Å². The Morgan fingerprint density at radius 1 is 1.25 bits per heavy atom. The third kappa shape index (κ3) is 2.98. The number of nitrogens with zero attached hydrogens (tertiary/aromatic N) is 1. The van der Waals surface area contributed by atoms with Crippen molar-refractivity contribution in [2.45, 2.75) is 0 Å². The number of halogens is 2. The molecule has 12 heavy (non-hydrogen) atoms. The minimum absolute atomic E-state index is 0. The van der Waals surface area contributed by atoms with E-state index in [-0.39, 0.29) is 24.0 Å². The molecule has 1 aromatic carbocycles. The van der Waals surface area contributed by atoms with Gasteiger partial charge in [0.1, 0.15) is 5.84 Å². The second-order valence-electron chi connectivity index (χ2n) is 2.02. The number of rotatable bonds is 1. The lowest BCUT2D eigenvalue weighted by Crippen LogP contribution is -2.14. The summed E-state index contributed by atoms with van der Waals surface area (Å²) in [6.45, 7) is 0. The Kier molecular flexibility index (Phi) is 5.23. The average Bonchev–Trinajstić information content (AvgIpc) is 2.05. The maximum absolute atomic E-state index is 5.45. The summed E-state index contributed by atoms with van der Waals surface area (Å²) in [6.07, 6.45) is 0. The quantitative estimate of drug-likeness (QED) is 0.268. The van der Waals surface area contributed by atoms with Gasteiger partial charge in [0.05, 0.1) is 0 Å². The van der Waals surface area contributed by atoms with E-state index in [4.69, 9.17) is 11.6 Å². The highest BCUT2D eigenvalue weighted by Crippen LogP contribution is 2.09. The maximum Gasteiger partial charge on any atom is 0.150 e. The van der Waals surface area contributed by atoms with Crippen molar-refractivity contribution in [2.24, 2.45) is 16.7 Å². The van der Waals surface area contributed by atoms with Crippen molar-refractivity contribution in [1.29, 1.82) is 0 Å². The van der Waals surface area contributed by atoms with E-state index in [2.05, 4.69) is 21.0 Å². The van der Waals surface area contributed by atoms with Crippen molar-refractivity contribution in [3.8, 4) is 0 Å². The van der Waals surface area contributed by atoms with Crippen LogP contribution in [0.3, 0.4) is 0 Å². The van der Waals surface area contributed by atoms with Gasteiger partial charge in [0.25, 0.3) is 0 Å². The van der Waals surface area contributed by atoms with Crippen LogP contribution in [0.25, 0.3) is 0 Å². The van der Waals surface area contributed by atoms with Crippen molar-refractivity contribution in [2.75, 3.05) is 0 Å². The summed E-state index contributed by atoms with van der Waals surface area (Å²) in [7, 11) is 0.